The normalized spacial score (nSPS) is 22.9. The van der Waals surface area contributed by atoms with Crippen LogP contribution in [0, 0.1) is 0 Å². The summed E-state index contributed by atoms with van der Waals surface area (Å²) in [4.78, 5) is 4.02. The molecule has 7 heteroatoms. The number of pyridine rings is 1. The second kappa shape index (κ2) is 8.65. The van der Waals surface area contributed by atoms with E-state index in [-0.39, 0.29) is 18.4 Å². The van der Waals surface area contributed by atoms with Crippen molar-refractivity contribution in [3.05, 3.63) is 90.3 Å². The third kappa shape index (κ3) is 4.51. The van der Waals surface area contributed by atoms with Gasteiger partial charge in [0.25, 0.3) is 0 Å². The fraction of sp³-hybridized carbons (Fsp3) is 0.269. The number of hydrogen-bond donors (Lipinski definition) is 1. The second-order valence-electron chi connectivity index (χ2n) is 8.31. The van der Waals surface area contributed by atoms with Gasteiger partial charge in [-0.25, -0.2) is 0 Å². The number of nitrogens with zero attached hydrogens (tertiary/aromatic N) is 1. The van der Waals surface area contributed by atoms with E-state index in [2.05, 4.69) is 15.0 Å². The summed E-state index contributed by atoms with van der Waals surface area (Å²) in [5, 5.41) is 3.54. The number of piperidine rings is 1. The summed E-state index contributed by atoms with van der Waals surface area (Å²) in [6, 6.07) is 18.3. The second-order valence-corrected chi connectivity index (χ2v) is 8.31. The predicted octanol–water partition coefficient (Wildman–Crippen LogP) is 5.92. The third-order valence-corrected chi connectivity index (χ3v) is 6.19. The van der Waals surface area contributed by atoms with Crippen molar-refractivity contribution in [3.63, 3.8) is 0 Å². The number of ether oxygens (including phenoxy) is 2. The van der Waals surface area contributed by atoms with E-state index < -0.39 is 12.0 Å². The number of halogens is 3. The molecule has 1 N–H and O–H groups in total. The molecule has 3 heterocycles. The Morgan fingerprint density at radius 1 is 1.00 bits per heavy atom. The van der Waals surface area contributed by atoms with Gasteiger partial charge in [-0.1, -0.05) is 36.4 Å². The van der Waals surface area contributed by atoms with Gasteiger partial charge >= 0.3 is 6.36 Å². The molecule has 4 nitrogen and oxygen atoms in total. The minimum absolute atomic E-state index is 0.0830. The van der Waals surface area contributed by atoms with Crippen LogP contribution in [-0.4, -0.2) is 30.1 Å². The summed E-state index contributed by atoms with van der Waals surface area (Å²) in [5.41, 5.74) is 3.18. The lowest BCUT2D eigenvalue weighted by atomic mass is 9.81. The monoisotopic (exact) mass is 452 g/mol. The Kier molecular flexibility index (Phi) is 5.68. The summed E-state index contributed by atoms with van der Waals surface area (Å²) in [5.74, 6) is -0.229. The molecule has 33 heavy (non-hydrogen) atoms. The Balaban J connectivity index is 1.58. The molecule has 1 saturated heterocycles. The Morgan fingerprint density at radius 3 is 2.55 bits per heavy atom. The van der Waals surface area contributed by atoms with Gasteiger partial charge in [-0.05, 0) is 72.0 Å². The summed E-state index contributed by atoms with van der Waals surface area (Å²) in [6.45, 7) is 1.06. The van der Waals surface area contributed by atoms with Crippen molar-refractivity contribution in [2.24, 2.45) is 0 Å². The highest BCUT2D eigenvalue weighted by atomic mass is 19.4. The zero-order valence-electron chi connectivity index (χ0n) is 17.8. The van der Waals surface area contributed by atoms with E-state index in [9.17, 15) is 13.2 Å². The maximum atomic E-state index is 13.2. The van der Waals surface area contributed by atoms with Crippen LogP contribution in [0.1, 0.15) is 30.0 Å². The molecule has 2 aromatic carbocycles. The molecule has 2 aliphatic heterocycles. The maximum Gasteiger partial charge on any atom is 0.573 e. The summed E-state index contributed by atoms with van der Waals surface area (Å²) >= 11 is 0. The molecular formula is C26H23F3N2O2. The number of nitrogens with one attached hydrogen (secondary N) is 1. The molecule has 0 unspecified atom stereocenters. The first-order valence-electron chi connectivity index (χ1n) is 10.9. The number of rotatable bonds is 4. The van der Waals surface area contributed by atoms with Gasteiger partial charge in [-0.3, -0.25) is 4.98 Å². The average molecular weight is 452 g/mol. The molecule has 1 fully saturated rings. The van der Waals surface area contributed by atoms with Crippen LogP contribution in [0.5, 0.6) is 5.75 Å². The van der Waals surface area contributed by atoms with Crippen molar-refractivity contribution in [1.82, 2.24) is 10.3 Å². The highest BCUT2D eigenvalue weighted by molar-refractivity contribution is 5.78. The highest BCUT2D eigenvalue weighted by Gasteiger charge is 2.45. The molecule has 2 aliphatic rings. The van der Waals surface area contributed by atoms with Gasteiger partial charge in [0, 0.05) is 18.0 Å². The molecule has 170 valence electrons. The van der Waals surface area contributed by atoms with Gasteiger partial charge in [0.1, 0.15) is 11.4 Å². The third-order valence-electron chi connectivity index (χ3n) is 6.19. The lowest BCUT2D eigenvalue weighted by Crippen LogP contribution is -2.47. The molecule has 1 spiro atoms. The molecular weight excluding hydrogens is 429 g/mol. The largest absolute Gasteiger partial charge is 0.573 e. The summed E-state index contributed by atoms with van der Waals surface area (Å²) in [7, 11) is 0. The molecule has 0 bridgehead atoms. The average Bonchev–Trinajstić information content (AvgIpc) is 3.23. The maximum absolute atomic E-state index is 13.2. The number of benzene rings is 2. The van der Waals surface area contributed by atoms with Crippen molar-refractivity contribution in [2.45, 2.75) is 30.8 Å². The first-order valence-corrected chi connectivity index (χ1v) is 10.9. The topological polar surface area (TPSA) is 43.4 Å². The van der Waals surface area contributed by atoms with Gasteiger partial charge in [0.2, 0.25) is 0 Å². The Morgan fingerprint density at radius 2 is 1.79 bits per heavy atom. The van der Waals surface area contributed by atoms with Crippen LogP contribution in [-0.2, 0) is 4.74 Å². The minimum atomic E-state index is -4.79. The Bertz CT molecular complexity index is 1150. The van der Waals surface area contributed by atoms with E-state index in [4.69, 9.17) is 4.74 Å². The van der Waals surface area contributed by atoms with E-state index in [0.717, 1.165) is 36.1 Å². The van der Waals surface area contributed by atoms with Crippen LogP contribution in [0.4, 0.5) is 13.2 Å². The van der Waals surface area contributed by atoms with E-state index in [1.165, 1.54) is 6.07 Å². The van der Waals surface area contributed by atoms with E-state index >= 15 is 0 Å². The smallest absolute Gasteiger partial charge is 0.405 e. The fourth-order valence-corrected chi connectivity index (χ4v) is 4.75. The van der Waals surface area contributed by atoms with Crippen LogP contribution in [0.2, 0.25) is 0 Å². The van der Waals surface area contributed by atoms with Gasteiger partial charge in [-0.2, -0.15) is 0 Å². The SMILES string of the molecule is FC(F)(F)Oc1ccc(-c2ccncc2)cc1C1=C[C@@]2(CCCN[C@H]2c2ccccc2)OC1. The number of alkyl halides is 3. The van der Waals surface area contributed by atoms with Gasteiger partial charge in [0.15, 0.2) is 0 Å². The molecule has 0 amide bonds. The van der Waals surface area contributed by atoms with E-state index in [1.54, 1.807) is 24.5 Å². The Hall–Kier alpha value is -3.16. The molecule has 1 aromatic heterocycles. The van der Waals surface area contributed by atoms with Crippen LogP contribution in [0.3, 0.4) is 0 Å². The van der Waals surface area contributed by atoms with Gasteiger partial charge in [0.05, 0.1) is 12.6 Å². The minimum Gasteiger partial charge on any atom is -0.405 e. The van der Waals surface area contributed by atoms with Crippen LogP contribution in [0.25, 0.3) is 16.7 Å². The van der Waals surface area contributed by atoms with Crippen molar-refractivity contribution < 1.29 is 22.6 Å². The number of hydrogen-bond acceptors (Lipinski definition) is 4. The first kappa shape index (κ1) is 21.7. The fourth-order valence-electron chi connectivity index (χ4n) is 4.75. The quantitative estimate of drug-likeness (QED) is 0.533. The summed E-state index contributed by atoms with van der Waals surface area (Å²) in [6.07, 6.45) is 2.20. The first-order chi connectivity index (χ1) is 15.9. The molecule has 2 atom stereocenters. The van der Waals surface area contributed by atoms with Crippen molar-refractivity contribution in [2.75, 3.05) is 13.2 Å². The Labute approximate surface area is 190 Å². The van der Waals surface area contributed by atoms with Crippen molar-refractivity contribution in [3.8, 4) is 16.9 Å². The zero-order valence-corrected chi connectivity index (χ0v) is 17.8. The van der Waals surface area contributed by atoms with Crippen molar-refractivity contribution >= 4 is 5.57 Å². The molecule has 5 rings (SSSR count). The van der Waals surface area contributed by atoms with Gasteiger partial charge in [-0.15, -0.1) is 13.2 Å². The number of aromatic nitrogens is 1. The van der Waals surface area contributed by atoms with Crippen LogP contribution < -0.4 is 10.1 Å². The lowest BCUT2D eigenvalue weighted by molar-refractivity contribution is -0.274. The zero-order chi connectivity index (χ0) is 22.9. The highest BCUT2D eigenvalue weighted by Crippen LogP contribution is 2.46. The molecule has 0 radical (unpaired) electrons. The predicted molar refractivity (Wildman–Crippen MR) is 119 cm³/mol. The van der Waals surface area contributed by atoms with Crippen LogP contribution in [0.15, 0.2) is 79.1 Å². The van der Waals surface area contributed by atoms with E-state index in [0.29, 0.717) is 11.1 Å². The van der Waals surface area contributed by atoms with Crippen molar-refractivity contribution in [1.29, 1.82) is 0 Å². The van der Waals surface area contributed by atoms with E-state index in [1.807, 2.05) is 48.5 Å². The lowest BCUT2D eigenvalue weighted by Gasteiger charge is -2.40. The van der Waals surface area contributed by atoms with Crippen LogP contribution >= 0.6 is 0 Å². The standard InChI is InChI=1S/C26H23F3N2O2/c27-26(28,29)33-23-8-7-20(18-9-13-30-14-10-18)15-22(23)21-16-25(32-17-21)11-4-12-31-24(25)19-5-2-1-3-6-19/h1-3,5-10,13-16,24,31H,4,11-12,17H2/t24-,25+/m0/s1. The molecule has 0 aliphatic carbocycles. The molecule has 0 saturated carbocycles. The molecule has 3 aromatic rings. The summed E-state index contributed by atoms with van der Waals surface area (Å²) < 4.78 is 50.3. The van der Waals surface area contributed by atoms with Gasteiger partial charge < -0.3 is 14.8 Å².